The van der Waals surface area contributed by atoms with Crippen molar-refractivity contribution in [2.75, 3.05) is 5.73 Å². The smallest absolute Gasteiger partial charge is 0.291 e. The monoisotopic (exact) mass is 444 g/mol. The molecule has 0 fully saturated rings. The van der Waals surface area contributed by atoms with Crippen LogP contribution in [0.3, 0.4) is 0 Å². The molecule has 2 N–H and O–H groups in total. The van der Waals surface area contributed by atoms with Crippen LogP contribution in [0.5, 0.6) is 0 Å². The van der Waals surface area contributed by atoms with Crippen LogP contribution in [0.1, 0.15) is 10.4 Å². The molecule has 0 spiro atoms. The predicted molar refractivity (Wildman–Crippen MR) is 137 cm³/mol. The van der Waals surface area contributed by atoms with Gasteiger partial charge in [-0.1, -0.05) is 109 Å². The van der Waals surface area contributed by atoms with Gasteiger partial charge in [-0.05, 0) is 22.3 Å². The van der Waals surface area contributed by atoms with Gasteiger partial charge >= 0.3 is 5.95 Å². The Morgan fingerprint density at radius 2 is 1.12 bits per heavy atom. The molecule has 0 aliphatic rings. The first-order valence-electron chi connectivity index (χ1n) is 11.3. The average molecular weight is 445 g/mol. The van der Waals surface area contributed by atoms with Gasteiger partial charge in [-0.25, -0.2) is 9.13 Å². The van der Waals surface area contributed by atoms with Gasteiger partial charge < -0.3 is 0 Å². The highest BCUT2D eigenvalue weighted by Gasteiger charge is 2.20. The number of rotatable bonds is 6. The number of carbonyl (C=O) groups is 1. The van der Waals surface area contributed by atoms with E-state index in [4.69, 9.17) is 5.73 Å². The molecule has 5 rings (SSSR count). The summed E-state index contributed by atoms with van der Waals surface area (Å²) >= 11 is 0. The van der Waals surface area contributed by atoms with E-state index in [0.29, 0.717) is 11.5 Å². The van der Waals surface area contributed by atoms with Gasteiger partial charge in [0.2, 0.25) is 0 Å². The summed E-state index contributed by atoms with van der Waals surface area (Å²) in [6.07, 6.45) is 1.95. The summed E-state index contributed by atoms with van der Waals surface area (Å²) in [4.78, 5) is 13.0. The number of hydrogen-bond donors (Lipinski definition) is 1. The molecule has 1 aromatic heterocycles. The highest BCUT2D eigenvalue weighted by Crippen LogP contribution is 2.25. The number of nitrogens with two attached hydrogens (primary N) is 1. The van der Waals surface area contributed by atoms with E-state index >= 15 is 0 Å². The molecule has 5 aromatic rings. The molecule has 0 aliphatic heterocycles. The number of Topliss-reactive ketones (excluding diaryl/α,β-unsaturated/α-hetero) is 1. The molecule has 34 heavy (non-hydrogen) atoms. The number of carbonyl (C=O) groups excluding carboxylic acids is 1. The van der Waals surface area contributed by atoms with Crippen molar-refractivity contribution in [1.82, 2.24) is 4.57 Å². The van der Waals surface area contributed by atoms with E-state index in [1.807, 2.05) is 83.0 Å². The standard InChI is InChI=1S/C30H25N3O/c1-32-28(26-16-12-24(13-17-26)22-8-4-2-5-9-22)20-33(30(32)31)21-29(34)27-18-14-25(15-19-27)23-10-6-3-7-11-23/h2-20,31H,21H2,1H3/p+1. The van der Waals surface area contributed by atoms with Crippen LogP contribution in [0.4, 0.5) is 5.95 Å². The first-order valence-corrected chi connectivity index (χ1v) is 11.3. The second-order valence-corrected chi connectivity index (χ2v) is 8.37. The summed E-state index contributed by atoms with van der Waals surface area (Å²) in [5.41, 5.74) is 13.6. The Kier molecular flexibility index (Phi) is 5.79. The van der Waals surface area contributed by atoms with E-state index in [9.17, 15) is 4.79 Å². The fourth-order valence-corrected chi connectivity index (χ4v) is 4.20. The molecule has 0 radical (unpaired) electrons. The maximum atomic E-state index is 13.0. The van der Waals surface area contributed by atoms with Crippen molar-refractivity contribution in [2.45, 2.75) is 6.54 Å². The molecule has 1 heterocycles. The molecule has 0 saturated carbocycles. The second kappa shape index (κ2) is 9.20. The maximum Gasteiger partial charge on any atom is 0.355 e. The first kappa shape index (κ1) is 21.4. The number of aromatic nitrogens is 2. The Hall–Kier alpha value is -4.44. The number of ketones is 1. The Bertz CT molecular complexity index is 1420. The number of imidazole rings is 1. The minimum atomic E-state index is 0.0212. The number of nitrogens with zero attached hydrogens (tertiary/aromatic N) is 2. The van der Waals surface area contributed by atoms with Crippen molar-refractivity contribution < 1.29 is 9.36 Å². The highest BCUT2D eigenvalue weighted by molar-refractivity contribution is 5.95. The van der Waals surface area contributed by atoms with Crippen molar-refractivity contribution in [3.05, 3.63) is 121 Å². The summed E-state index contributed by atoms with van der Waals surface area (Å²) in [7, 11) is 1.92. The van der Waals surface area contributed by atoms with E-state index in [-0.39, 0.29) is 12.3 Å². The van der Waals surface area contributed by atoms with Crippen LogP contribution in [0.15, 0.2) is 115 Å². The lowest BCUT2D eigenvalue weighted by Crippen LogP contribution is -2.39. The molecule has 0 amide bonds. The van der Waals surface area contributed by atoms with Crippen LogP contribution in [0.25, 0.3) is 33.5 Å². The normalized spacial score (nSPS) is 10.9. The Labute approximate surface area is 199 Å². The maximum absolute atomic E-state index is 13.0. The van der Waals surface area contributed by atoms with Crippen molar-refractivity contribution in [1.29, 1.82) is 0 Å². The molecule has 0 aliphatic carbocycles. The number of hydrogen-bond acceptors (Lipinski definition) is 2. The minimum Gasteiger partial charge on any atom is -0.291 e. The van der Waals surface area contributed by atoms with Gasteiger partial charge in [-0.2, -0.15) is 0 Å². The molecule has 4 nitrogen and oxygen atoms in total. The van der Waals surface area contributed by atoms with Crippen LogP contribution < -0.4 is 10.3 Å². The van der Waals surface area contributed by atoms with Crippen LogP contribution in [0.2, 0.25) is 0 Å². The number of benzene rings is 4. The molecule has 166 valence electrons. The van der Waals surface area contributed by atoms with E-state index in [1.54, 1.807) is 0 Å². The quantitative estimate of drug-likeness (QED) is 0.267. The van der Waals surface area contributed by atoms with Crippen molar-refractivity contribution in [2.24, 2.45) is 7.05 Å². The molecular formula is C30H26N3O+. The minimum absolute atomic E-state index is 0.0212. The third kappa shape index (κ3) is 4.26. The van der Waals surface area contributed by atoms with Gasteiger partial charge in [0.1, 0.15) is 18.4 Å². The van der Waals surface area contributed by atoms with Gasteiger partial charge in [0, 0.05) is 11.1 Å². The SMILES string of the molecule is Cn1c(-c2ccc(-c3ccccc3)cc2)c[n+](CC(=O)c2ccc(-c3ccccc3)cc2)c1N. The molecule has 0 atom stereocenters. The van der Waals surface area contributed by atoms with E-state index in [2.05, 4.69) is 48.5 Å². The fraction of sp³-hybridized carbons (Fsp3) is 0.0667. The summed E-state index contributed by atoms with van der Waals surface area (Å²) in [6, 6.07) is 36.6. The van der Waals surface area contributed by atoms with Crippen molar-refractivity contribution >= 4 is 11.7 Å². The van der Waals surface area contributed by atoms with Crippen LogP contribution in [-0.2, 0) is 13.6 Å². The lowest BCUT2D eigenvalue weighted by atomic mass is 10.0. The second-order valence-electron chi connectivity index (χ2n) is 8.37. The predicted octanol–water partition coefficient (Wildman–Crippen LogP) is 5.78. The first-order chi connectivity index (χ1) is 16.6. The molecular weight excluding hydrogens is 418 g/mol. The summed E-state index contributed by atoms with van der Waals surface area (Å²) in [5.74, 6) is 0.560. The zero-order valence-electron chi connectivity index (χ0n) is 19.1. The van der Waals surface area contributed by atoms with Gasteiger partial charge in [0.25, 0.3) is 0 Å². The summed E-state index contributed by atoms with van der Waals surface area (Å²) in [6.45, 7) is 0.187. The lowest BCUT2D eigenvalue weighted by Gasteiger charge is -2.04. The summed E-state index contributed by atoms with van der Waals surface area (Å²) < 4.78 is 3.73. The van der Waals surface area contributed by atoms with Gasteiger partial charge in [-0.3, -0.25) is 10.5 Å². The van der Waals surface area contributed by atoms with Crippen LogP contribution in [-0.4, -0.2) is 10.4 Å². The Balaban J connectivity index is 1.35. The van der Waals surface area contributed by atoms with Crippen molar-refractivity contribution in [3.8, 4) is 33.5 Å². The topological polar surface area (TPSA) is 51.9 Å². The van der Waals surface area contributed by atoms with Gasteiger partial charge in [-0.15, -0.1) is 0 Å². The third-order valence-corrected chi connectivity index (χ3v) is 6.19. The zero-order chi connectivity index (χ0) is 23.5. The molecule has 4 heteroatoms. The molecule has 4 aromatic carbocycles. The Morgan fingerprint density at radius 1 is 0.676 bits per heavy atom. The van der Waals surface area contributed by atoms with Gasteiger partial charge in [0.15, 0.2) is 5.78 Å². The summed E-state index contributed by atoms with van der Waals surface area (Å²) in [5, 5.41) is 0. The molecule has 0 saturated heterocycles. The number of nitrogen functional groups attached to an aromatic ring is 1. The van der Waals surface area contributed by atoms with Crippen molar-refractivity contribution in [3.63, 3.8) is 0 Å². The van der Waals surface area contributed by atoms with E-state index < -0.39 is 0 Å². The van der Waals surface area contributed by atoms with E-state index in [1.165, 1.54) is 5.56 Å². The van der Waals surface area contributed by atoms with Gasteiger partial charge in [0.05, 0.1) is 7.05 Å². The lowest BCUT2D eigenvalue weighted by molar-refractivity contribution is -0.667. The third-order valence-electron chi connectivity index (χ3n) is 6.19. The number of anilines is 1. The fourth-order valence-electron chi connectivity index (χ4n) is 4.20. The largest absolute Gasteiger partial charge is 0.355 e. The van der Waals surface area contributed by atoms with E-state index in [0.717, 1.165) is 27.9 Å². The molecule has 0 unspecified atom stereocenters. The zero-order valence-corrected chi connectivity index (χ0v) is 19.1. The highest BCUT2D eigenvalue weighted by atomic mass is 16.1. The van der Waals surface area contributed by atoms with Crippen LogP contribution >= 0.6 is 0 Å². The average Bonchev–Trinajstić information content (AvgIpc) is 3.18. The van der Waals surface area contributed by atoms with Crippen LogP contribution in [0, 0.1) is 0 Å². The Morgan fingerprint density at radius 3 is 1.65 bits per heavy atom. The molecule has 0 bridgehead atoms.